The Hall–Kier alpha value is -0.590. The summed E-state index contributed by atoms with van der Waals surface area (Å²) in [6, 6.07) is 4.84. The predicted octanol–water partition coefficient (Wildman–Crippen LogP) is 3.13. The second-order valence-electron chi connectivity index (χ2n) is 5.81. The minimum absolute atomic E-state index is 0.000697. The Morgan fingerprint density at radius 1 is 1.30 bits per heavy atom. The molecule has 1 saturated carbocycles. The number of rotatable bonds is 3. The first-order valence-electron chi connectivity index (χ1n) is 6.87. The summed E-state index contributed by atoms with van der Waals surface area (Å²) < 4.78 is 28.5. The molecule has 0 heterocycles. The Balaban J connectivity index is 2.19. The third-order valence-electron chi connectivity index (χ3n) is 4.00. The molecular weight excluding hydrogens is 340 g/mol. The van der Waals surface area contributed by atoms with E-state index in [-0.39, 0.29) is 16.6 Å². The second-order valence-corrected chi connectivity index (χ2v) is 8.40. The number of nitrogens with one attached hydrogen (secondary N) is 1. The molecule has 3 N–H and O–H groups in total. The molecule has 1 aliphatic rings. The van der Waals surface area contributed by atoms with Gasteiger partial charge in [0.1, 0.15) is 4.90 Å². The first-order chi connectivity index (χ1) is 9.29. The van der Waals surface area contributed by atoms with E-state index in [4.69, 9.17) is 5.73 Å². The molecule has 1 aromatic rings. The Bertz CT molecular complexity index is 589. The van der Waals surface area contributed by atoms with Crippen LogP contribution in [-0.4, -0.2) is 14.5 Å². The lowest BCUT2D eigenvalue weighted by molar-refractivity contribution is 0.249. The quantitative estimate of drug-likeness (QED) is 0.813. The van der Waals surface area contributed by atoms with Crippen molar-refractivity contribution in [3.63, 3.8) is 0 Å². The molecule has 6 heteroatoms. The second kappa shape index (κ2) is 6.03. The van der Waals surface area contributed by atoms with Crippen molar-refractivity contribution in [2.24, 2.45) is 11.8 Å². The Kier molecular flexibility index (Phi) is 4.76. The van der Waals surface area contributed by atoms with Crippen LogP contribution in [0.1, 0.15) is 33.1 Å². The summed E-state index contributed by atoms with van der Waals surface area (Å²) in [6.45, 7) is 4.32. The summed E-state index contributed by atoms with van der Waals surface area (Å²) in [7, 11) is -3.55. The highest BCUT2D eigenvalue weighted by atomic mass is 79.9. The van der Waals surface area contributed by atoms with Gasteiger partial charge in [-0.05, 0) is 49.3 Å². The van der Waals surface area contributed by atoms with Crippen LogP contribution in [0.5, 0.6) is 0 Å². The van der Waals surface area contributed by atoms with Gasteiger partial charge in [0.05, 0.1) is 5.69 Å². The van der Waals surface area contributed by atoms with Gasteiger partial charge in [0.25, 0.3) is 0 Å². The van der Waals surface area contributed by atoms with Gasteiger partial charge in [-0.3, -0.25) is 0 Å². The van der Waals surface area contributed by atoms with Crippen LogP contribution in [-0.2, 0) is 10.0 Å². The molecule has 4 nitrogen and oxygen atoms in total. The van der Waals surface area contributed by atoms with Crippen LogP contribution in [0.25, 0.3) is 0 Å². The van der Waals surface area contributed by atoms with Gasteiger partial charge >= 0.3 is 0 Å². The van der Waals surface area contributed by atoms with Crippen molar-refractivity contribution >= 4 is 31.6 Å². The summed E-state index contributed by atoms with van der Waals surface area (Å²) in [5.41, 5.74) is 6.09. The first kappa shape index (κ1) is 15.8. The summed E-state index contributed by atoms with van der Waals surface area (Å²) in [6.07, 6.45) is 3.01. The van der Waals surface area contributed by atoms with E-state index < -0.39 is 10.0 Å². The fraction of sp³-hybridized carbons (Fsp3) is 0.571. The van der Waals surface area contributed by atoms with Crippen molar-refractivity contribution < 1.29 is 8.42 Å². The molecule has 112 valence electrons. The van der Waals surface area contributed by atoms with E-state index in [0.717, 1.165) is 23.7 Å². The molecule has 0 bridgehead atoms. The molecule has 3 atom stereocenters. The Morgan fingerprint density at radius 2 is 2.00 bits per heavy atom. The lowest BCUT2D eigenvalue weighted by atomic mass is 9.80. The smallest absolute Gasteiger partial charge is 0.242 e. The molecule has 3 unspecified atom stereocenters. The van der Waals surface area contributed by atoms with Crippen LogP contribution in [0.15, 0.2) is 27.6 Å². The van der Waals surface area contributed by atoms with Crippen molar-refractivity contribution in [3.8, 4) is 0 Å². The fourth-order valence-corrected chi connectivity index (χ4v) is 4.74. The third kappa shape index (κ3) is 3.54. The first-order valence-corrected chi connectivity index (χ1v) is 9.14. The van der Waals surface area contributed by atoms with Crippen LogP contribution >= 0.6 is 15.9 Å². The molecule has 1 aromatic carbocycles. The van der Waals surface area contributed by atoms with Crippen molar-refractivity contribution in [2.75, 3.05) is 5.73 Å². The van der Waals surface area contributed by atoms with Crippen molar-refractivity contribution in [2.45, 2.75) is 44.0 Å². The molecule has 0 amide bonds. The number of hydrogen-bond acceptors (Lipinski definition) is 3. The molecule has 1 fully saturated rings. The summed E-state index contributed by atoms with van der Waals surface area (Å²) in [5.74, 6) is 1.02. The van der Waals surface area contributed by atoms with Crippen LogP contribution in [0.2, 0.25) is 0 Å². The summed E-state index contributed by atoms with van der Waals surface area (Å²) >= 11 is 3.28. The predicted molar refractivity (Wildman–Crippen MR) is 84.8 cm³/mol. The molecule has 0 aliphatic heterocycles. The van der Waals surface area contributed by atoms with Gasteiger partial charge in [-0.15, -0.1) is 0 Å². The highest BCUT2D eigenvalue weighted by molar-refractivity contribution is 9.10. The zero-order chi connectivity index (χ0) is 14.9. The van der Waals surface area contributed by atoms with Crippen molar-refractivity contribution in [1.29, 1.82) is 0 Å². The zero-order valence-electron chi connectivity index (χ0n) is 11.8. The number of nitrogens with two attached hydrogens (primary N) is 1. The molecule has 2 rings (SSSR count). The van der Waals surface area contributed by atoms with Gasteiger partial charge in [0.2, 0.25) is 10.0 Å². The third-order valence-corrected chi connectivity index (χ3v) is 6.06. The van der Waals surface area contributed by atoms with Crippen LogP contribution in [0.3, 0.4) is 0 Å². The molecule has 1 aliphatic carbocycles. The molecular formula is C14H21BrN2O2S. The molecule has 20 heavy (non-hydrogen) atoms. The van der Waals surface area contributed by atoms with E-state index in [0.29, 0.717) is 11.8 Å². The van der Waals surface area contributed by atoms with Gasteiger partial charge in [-0.1, -0.05) is 29.8 Å². The van der Waals surface area contributed by atoms with E-state index in [1.807, 2.05) is 0 Å². The van der Waals surface area contributed by atoms with E-state index in [1.165, 1.54) is 6.07 Å². The number of benzene rings is 1. The number of anilines is 1. The molecule has 0 saturated heterocycles. The number of sulfonamides is 1. The van der Waals surface area contributed by atoms with Crippen molar-refractivity contribution in [3.05, 3.63) is 22.7 Å². The van der Waals surface area contributed by atoms with Crippen LogP contribution < -0.4 is 10.5 Å². The summed E-state index contributed by atoms with van der Waals surface area (Å²) in [5, 5.41) is 0. The zero-order valence-corrected chi connectivity index (χ0v) is 14.2. The summed E-state index contributed by atoms with van der Waals surface area (Å²) in [4.78, 5) is 0.159. The Labute approximate surface area is 129 Å². The van der Waals surface area contributed by atoms with E-state index in [2.05, 4.69) is 34.5 Å². The van der Waals surface area contributed by atoms with Crippen molar-refractivity contribution in [1.82, 2.24) is 4.72 Å². The van der Waals surface area contributed by atoms with Crippen LogP contribution in [0.4, 0.5) is 5.69 Å². The maximum atomic E-state index is 12.5. The van der Waals surface area contributed by atoms with E-state index in [1.54, 1.807) is 12.1 Å². The standard InChI is InChI=1S/C14H21BrN2O2S/c1-9-3-5-13(10(2)7-9)17-20(18,19)14-6-4-11(15)8-12(14)16/h4,6,8-10,13,17H,3,5,7,16H2,1-2H3. The van der Waals surface area contributed by atoms with E-state index in [9.17, 15) is 8.42 Å². The minimum Gasteiger partial charge on any atom is -0.398 e. The van der Waals surface area contributed by atoms with Gasteiger partial charge in [0.15, 0.2) is 0 Å². The topological polar surface area (TPSA) is 72.2 Å². The minimum atomic E-state index is -3.55. The van der Waals surface area contributed by atoms with Gasteiger partial charge in [0, 0.05) is 10.5 Å². The Morgan fingerprint density at radius 3 is 2.60 bits per heavy atom. The normalized spacial score (nSPS) is 27.4. The monoisotopic (exact) mass is 360 g/mol. The lowest BCUT2D eigenvalue weighted by Crippen LogP contribution is -2.42. The fourth-order valence-electron chi connectivity index (χ4n) is 2.87. The highest BCUT2D eigenvalue weighted by Crippen LogP contribution is 2.30. The maximum absolute atomic E-state index is 12.5. The molecule has 0 spiro atoms. The van der Waals surface area contributed by atoms with Gasteiger partial charge < -0.3 is 5.73 Å². The average Bonchev–Trinajstić information content (AvgIpc) is 2.32. The van der Waals surface area contributed by atoms with E-state index >= 15 is 0 Å². The van der Waals surface area contributed by atoms with Crippen LogP contribution in [0, 0.1) is 11.8 Å². The molecule has 0 radical (unpaired) electrons. The number of halogens is 1. The van der Waals surface area contributed by atoms with Gasteiger partial charge in [-0.2, -0.15) is 0 Å². The lowest BCUT2D eigenvalue weighted by Gasteiger charge is -2.33. The maximum Gasteiger partial charge on any atom is 0.242 e. The highest BCUT2D eigenvalue weighted by Gasteiger charge is 2.30. The number of nitrogen functional groups attached to an aromatic ring is 1. The average molecular weight is 361 g/mol. The molecule has 0 aromatic heterocycles. The SMILES string of the molecule is CC1CCC(NS(=O)(=O)c2ccc(Br)cc2N)C(C)C1. The number of hydrogen-bond donors (Lipinski definition) is 2. The van der Waals surface area contributed by atoms with Gasteiger partial charge in [-0.25, -0.2) is 13.1 Å². The largest absolute Gasteiger partial charge is 0.398 e.